The SMILES string of the molecule is CC/C=C/CCC(=O)CCC=O. The van der Waals surface area contributed by atoms with Crippen molar-refractivity contribution in [2.45, 2.75) is 39.0 Å². The summed E-state index contributed by atoms with van der Waals surface area (Å²) in [6, 6.07) is 0. The Bertz CT molecular complexity index is 159. The fourth-order valence-corrected chi connectivity index (χ4v) is 0.874. The van der Waals surface area contributed by atoms with Gasteiger partial charge in [0.15, 0.2) is 0 Å². The van der Waals surface area contributed by atoms with Gasteiger partial charge in [-0.2, -0.15) is 0 Å². The molecule has 2 nitrogen and oxygen atoms in total. The molecule has 0 saturated carbocycles. The second kappa shape index (κ2) is 8.18. The summed E-state index contributed by atoms with van der Waals surface area (Å²) >= 11 is 0. The molecule has 0 unspecified atom stereocenters. The normalized spacial score (nSPS) is 10.4. The van der Waals surface area contributed by atoms with Crippen molar-refractivity contribution in [3.63, 3.8) is 0 Å². The van der Waals surface area contributed by atoms with Gasteiger partial charge in [-0.25, -0.2) is 0 Å². The molecule has 12 heavy (non-hydrogen) atoms. The van der Waals surface area contributed by atoms with Gasteiger partial charge in [-0.1, -0.05) is 19.1 Å². The number of hydrogen-bond acceptors (Lipinski definition) is 2. The topological polar surface area (TPSA) is 34.1 Å². The molecule has 0 fully saturated rings. The van der Waals surface area contributed by atoms with E-state index in [-0.39, 0.29) is 5.78 Å². The van der Waals surface area contributed by atoms with Crippen LogP contribution in [0.3, 0.4) is 0 Å². The zero-order chi connectivity index (χ0) is 9.23. The summed E-state index contributed by atoms with van der Waals surface area (Å²) in [4.78, 5) is 20.9. The number of aldehydes is 1. The van der Waals surface area contributed by atoms with Gasteiger partial charge < -0.3 is 4.79 Å². The Balaban J connectivity index is 3.31. The Morgan fingerprint density at radius 1 is 1.17 bits per heavy atom. The van der Waals surface area contributed by atoms with E-state index in [0.29, 0.717) is 19.3 Å². The minimum atomic E-state index is 0.183. The van der Waals surface area contributed by atoms with E-state index >= 15 is 0 Å². The first-order valence-corrected chi connectivity index (χ1v) is 4.41. The van der Waals surface area contributed by atoms with Crippen molar-refractivity contribution in [1.29, 1.82) is 0 Å². The fraction of sp³-hybridized carbons (Fsp3) is 0.600. The van der Waals surface area contributed by atoms with Crippen molar-refractivity contribution >= 4 is 12.1 Å². The highest BCUT2D eigenvalue weighted by molar-refractivity contribution is 5.80. The molecule has 0 aromatic rings. The number of carbonyl (C=O) groups is 2. The second-order valence-corrected chi connectivity index (χ2v) is 2.66. The fourth-order valence-electron chi connectivity index (χ4n) is 0.874. The van der Waals surface area contributed by atoms with Gasteiger partial charge in [0.1, 0.15) is 12.1 Å². The molecule has 0 heterocycles. The molecule has 2 heteroatoms. The first-order chi connectivity index (χ1) is 5.81. The largest absolute Gasteiger partial charge is 0.303 e. The van der Waals surface area contributed by atoms with Crippen LogP contribution in [0.4, 0.5) is 0 Å². The van der Waals surface area contributed by atoms with E-state index in [0.717, 1.165) is 19.1 Å². The molecule has 0 amide bonds. The molecule has 68 valence electrons. The number of hydrogen-bond donors (Lipinski definition) is 0. The highest BCUT2D eigenvalue weighted by Gasteiger charge is 1.98. The van der Waals surface area contributed by atoms with Gasteiger partial charge in [0.05, 0.1) is 0 Å². The van der Waals surface area contributed by atoms with Gasteiger partial charge in [0, 0.05) is 19.3 Å². The number of allylic oxidation sites excluding steroid dienone is 2. The van der Waals surface area contributed by atoms with Gasteiger partial charge in [0.25, 0.3) is 0 Å². The third-order valence-corrected chi connectivity index (χ3v) is 1.53. The van der Waals surface area contributed by atoms with Crippen molar-refractivity contribution in [2.24, 2.45) is 0 Å². The summed E-state index contributed by atoms with van der Waals surface area (Å²) < 4.78 is 0. The summed E-state index contributed by atoms with van der Waals surface area (Å²) in [5, 5.41) is 0. The van der Waals surface area contributed by atoms with Crippen LogP contribution in [0, 0.1) is 0 Å². The Hall–Kier alpha value is -0.920. The summed E-state index contributed by atoms with van der Waals surface area (Å²) in [6.07, 6.45) is 8.03. The van der Waals surface area contributed by atoms with Crippen LogP contribution in [0.5, 0.6) is 0 Å². The van der Waals surface area contributed by atoms with Gasteiger partial charge in [0.2, 0.25) is 0 Å². The number of ketones is 1. The quantitative estimate of drug-likeness (QED) is 0.431. The predicted molar refractivity (Wildman–Crippen MR) is 49.0 cm³/mol. The molecular formula is C10H16O2. The Kier molecular flexibility index (Phi) is 7.55. The van der Waals surface area contributed by atoms with Gasteiger partial charge in [-0.05, 0) is 12.8 Å². The van der Waals surface area contributed by atoms with E-state index in [1.807, 2.05) is 12.2 Å². The van der Waals surface area contributed by atoms with Crippen molar-refractivity contribution in [3.8, 4) is 0 Å². The van der Waals surface area contributed by atoms with Crippen LogP contribution < -0.4 is 0 Å². The molecule has 0 aliphatic rings. The standard InChI is InChI=1S/C10H16O2/c1-2-3-4-5-7-10(12)8-6-9-11/h3-4,9H,2,5-8H2,1H3/b4-3+. The molecule has 0 N–H and O–H groups in total. The van der Waals surface area contributed by atoms with Crippen molar-refractivity contribution < 1.29 is 9.59 Å². The lowest BCUT2D eigenvalue weighted by Gasteiger charge is -1.93. The van der Waals surface area contributed by atoms with Crippen molar-refractivity contribution in [3.05, 3.63) is 12.2 Å². The molecule has 0 aromatic heterocycles. The van der Waals surface area contributed by atoms with Gasteiger partial charge in [-0.15, -0.1) is 0 Å². The Labute approximate surface area is 73.7 Å². The molecule has 0 aliphatic carbocycles. The van der Waals surface area contributed by atoms with Gasteiger partial charge >= 0.3 is 0 Å². The summed E-state index contributed by atoms with van der Waals surface area (Å²) in [5.41, 5.74) is 0. The number of rotatable bonds is 7. The first kappa shape index (κ1) is 11.1. The number of carbonyl (C=O) groups excluding carboxylic acids is 2. The third-order valence-electron chi connectivity index (χ3n) is 1.53. The van der Waals surface area contributed by atoms with Crippen LogP contribution in [-0.2, 0) is 9.59 Å². The molecule has 0 saturated heterocycles. The summed E-state index contributed by atoms with van der Waals surface area (Å²) in [6.45, 7) is 2.06. The smallest absolute Gasteiger partial charge is 0.133 e. The third kappa shape index (κ3) is 7.19. The average Bonchev–Trinajstić information content (AvgIpc) is 2.09. The van der Waals surface area contributed by atoms with E-state index < -0.39 is 0 Å². The molecule has 0 rings (SSSR count). The van der Waals surface area contributed by atoms with Crippen LogP contribution in [0.2, 0.25) is 0 Å². The minimum Gasteiger partial charge on any atom is -0.303 e. The highest BCUT2D eigenvalue weighted by atomic mass is 16.1. The van der Waals surface area contributed by atoms with E-state index in [1.54, 1.807) is 0 Å². The van der Waals surface area contributed by atoms with Crippen LogP contribution in [-0.4, -0.2) is 12.1 Å². The average molecular weight is 168 g/mol. The van der Waals surface area contributed by atoms with Crippen LogP contribution >= 0.6 is 0 Å². The monoisotopic (exact) mass is 168 g/mol. The lowest BCUT2D eigenvalue weighted by molar-refractivity contribution is -0.120. The zero-order valence-corrected chi connectivity index (χ0v) is 7.58. The van der Waals surface area contributed by atoms with Crippen LogP contribution in [0.25, 0.3) is 0 Å². The molecular weight excluding hydrogens is 152 g/mol. The van der Waals surface area contributed by atoms with E-state index in [2.05, 4.69) is 6.92 Å². The van der Waals surface area contributed by atoms with E-state index in [4.69, 9.17) is 0 Å². The molecule has 0 aromatic carbocycles. The lowest BCUT2D eigenvalue weighted by Crippen LogP contribution is -1.96. The maximum atomic E-state index is 11.0. The van der Waals surface area contributed by atoms with Crippen molar-refractivity contribution in [2.75, 3.05) is 0 Å². The Morgan fingerprint density at radius 3 is 2.42 bits per heavy atom. The zero-order valence-electron chi connectivity index (χ0n) is 7.58. The van der Waals surface area contributed by atoms with E-state index in [1.165, 1.54) is 0 Å². The van der Waals surface area contributed by atoms with Gasteiger partial charge in [-0.3, -0.25) is 4.79 Å². The molecule has 0 aliphatic heterocycles. The summed E-state index contributed by atoms with van der Waals surface area (Å²) in [5.74, 6) is 0.183. The first-order valence-electron chi connectivity index (χ1n) is 4.41. The Morgan fingerprint density at radius 2 is 1.83 bits per heavy atom. The molecule has 0 radical (unpaired) electrons. The highest BCUT2D eigenvalue weighted by Crippen LogP contribution is 1.98. The van der Waals surface area contributed by atoms with Crippen LogP contribution in [0.1, 0.15) is 39.0 Å². The number of Topliss-reactive ketones (excluding diaryl/α,β-unsaturated/α-hetero) is 1. The molecule has 0 spiro atoms. The predicted octanol–water partition coefficient (Wildman–Crippen LogP) is 2.28. The van der Waals surface area contributed by atoms with Crippen molar-refractivity contribution in [1.82, 2.24) is 0 Å². The second-order valence-electron chi connectivity index (χ2n) is 2.66. The maximum absolute atomic E-state index is 11.0. The maximum Gasteiger partial charge on any atom is 0.133 e. The van der Waals surface area contributed by atoms with Crippen LogP contribution in [0.15, 0.2) is 12.2 Å². The molecule has 0 bridgehead atoms. The minimum absolute atomic E-state index is 0.183. The molecule has 0 atom stereocenters. The van der Waals surface area contributed by atoms with E-state index in [9.17, 15) is 9.59 Å². The summed E-state index contributed by atoms with van der Waals surface area (Å²) in [7, 11) is 0. The lowest BCUT2D eigenvalue weighted by atomic mass is 10.1.